The number of carbonyl (C=O) groups is 3. The Morgan fingerprint density at radius 2 is 1.84 bits per heavy atom. The highest BCUT2D eigenvalue weighted by Crippen LogP contribution is 2.61. The van der Waals surface area contributed by atoms with Crippen LogP contribution in [0.25, 0.3) is 0 Å². The maximum absolute atomic E-state index is 12.9. The first-order chi connectivity index (χ1) is 14.7. The molecule has 2 amide bonds. The minimum Gasteiger partial charge on any atom is -0.455 e. The molecule has 1 aromatic rings. The van der Waals surface area contributed by atoms with E-state index in [9.17, 15) is 19.5 Å². The Morgan fingerprint density at radius 1 is 1.16 bits per heavy atom. The van der Waals surface area contributed by atoms with E-state index in [2.05, 4.69) is 5.32 Å². The average Bonchev–Trinajstić information content (AvgIpc) is 2.70. The number of likely N-dealkylation sites (N-methyl/N-ethyl adjacent to an activating group) is 1. The van der Waals surface area contributed by atoms with Crippen LogP contribution >= 0.6 is 0 Å². The standard InChI is InChI=1S/C24H32N2O5/c1-3-18-6-4-5-7-19(18)25-20(27)13-26(2)21(28)14-31-22(29)23-9-16-8-17(10-23)12-24(30,11-16)15-23/h4-7,16-17,30H,3,8-15H2,1-2H3,(H,25,27)/t16-,17+,23?,24?. The Balaban J connectivity index is 1.28. The Morgan fingerprint density at radius 3 is 2.48 bits per heavy atom. The monoisotopic (exact) mass is 428 g/mol. The van der Waals surface area contributed by atoms with Gasteiger partial charge in [0.15, 0.2) is 6.61 Å². The molecule has 7 nitrogen and oxygen atoms in total. The molecule has 4 aliphatic rings. The zero-order chi connectivity index (χ0) is 22.2. The zero-order valence-corrected chi connectivity index (χ0v) is 18.4. The molecule has 2 N–H and O–H groups in total. The van der Waals surface area contributed by atoms with Crippen molar-refractivity contribution in [2.24, 2.45) is 17.3 Å². The molecular formula is C24H32N2O5. The number of amides is 2. The van der Waals surface area contributed by atoms with Crippen molar-refractivity contribution in [3.63, 3.8) is 0 Å². The van der Waals surface area contributed by atoms with E-state index >= 15 is 0 Å². The molecule has 4 fully saturated rings. The normalized spacial score (nSPS) is 30.7. The van der Waals surface area contributed by atoms with Crippen LogP contribution in [0, 0.1) is 17.3 Å². The lowest BCUT2D eigenvalue weighted by atomic mass is 9.48. The van der Waals surface area contributed by atoms with Crippen molar-refractivity contribution in [1.29, 1.82) is 0 Å². The molecule has 31 heavy (non-hydrogen) atoms. The summed E-state index contributed by atoms with van der Waals surface area (Å²) in [7, 11) is 1.52. The van der Waals surface area contributed by atoms with E-state index in [-0.39, 0.29) is 25.0 Å². The van der Waals surface area contributed by atoms with Crippen LogP contribution in [-0.2, 0) is 25.5 Å². The molecule has 2 unspecified atom stereocenters. The highest BCUT2D eigenvalue weighted by atomic mass is 16.5. The predicted octanol–water partition coefficient (Wildman–Crippen LogP) is 2.52. The molecule has 0 heterocycles. The van der Waals surface area contributed by atoms with Gasteiger partial charge in [-0.2, -0.15) is 0 Å². The Hall–Kier alpha value is -2.41. The molecule has 0 aliphatic heterocycles. The number of hydrogen-bond donors (Lipinski definition) is 2. The van der Waals surface area contributed by atoms with Crippen LogP contribution in [0.2, 0.25) is 0 Å². The van der Waals surface area contributed by atoms with Gasteiger partial charge in [0.25, 0.3) is 5.91 Å². The van der Waals surface area contributed by atoms with Crippen molar-refractivity contribution >= 4 is 23.5 Å². The molecule has 4 saturated carbocycles. The number of benzene rings is 1. The fourth-order valence-corrected chi connectivity index (χ4v) is 6.29. The first kappa shape index (κ1) is 21.8. The summed E-state index contributed by atoms with van der Waals surface area (Å²) in [6, 6.07) is 7.55. The second-order valence-electron chi connectivity index (χ2n) is 9.85. The number of ether oxygens (including phenoxy) is 1. The summed E-state index contributed by atoms with van der Waals surface area (Å²) in [5, 5.41) is 13.6. The molecular weight excluding hydrogens is 396 g/mol. The lowest BCUT2D eigenvalue weighted by Crippen LogP contribution is -2.58. The highest BCUT2D eigenvalue weighted by molar-refractivity contribution is 5.95. The minimum absolute atomic E-state index is 0.122. The Labute approximate surface area is 183 Å². The Bertz CT molecular complexity index is 868. The maximum atomic E-state index is 12.9. The summed E-state index contributed by atoms with van der Waals surface area (Å²) in [6.07, 6.45) is 5.35. The minimum atomic E-state index is -0.753. The zero-order valence-electron chi connectivity index (χ0n) is 18.4. The van der Waals surface area contributed by atoms with Crippen LogP contribution in [0.3, 0.4) is 0 Å². The van der Waals surface area contributed by atoms with E-state index in [4.69, 9.17) is 4.74 Å². The predicted molar refractivity (Wildman–Crippen MR) is 115 cm³/mol. The number of rotatable bonds is 7. The van der Waals surface area contributed by atoms with Gasteiger partial charge in [0.2, 0.25) is 5.91 Å². The topological polar surface area (TPSA) is 95.9 Å². The fraction of sp³-hybridized carbons (Fsp3) is 0.625. The second kappa shape index (κ2) is 8.26. The smallest absolute Gasteiger partial charge is 0.312 e. The first-order valence-corrected chi connectivity index (χ1v) is 11.2. The lowest BCUT2D eigenvalue weighted by molar-refractivity contribution is -0.196. The highest BCUT2D eigenvalue weighted by Gasteiger charge is 2.60. The number of aliphatic hydroxyl groups is 1. The molecule has 168 valence electrons. The first-order valence-electron chi connectivity index (χ1n) is 11.2. The summed E-state index contributed by atoms with van der Waals surface area (Å²) >= 11 is 0. The third-order valence-electron chi connectivity index (χ3n) is 7.27. The van der Waals surface area contributed by atoms with Crippen LogP contribution in [0.1, 0.15) is 51.0 Å². The van der Waals surface area contributed by atoms with E-state index in [1.807, 2.05) is 31.2 Å². The third kappa shape index (κ3) is 4.47. The molecule has 0 aromatic heterocycles. The van der Waals surface area contributed by atoms with E-state index in [1.54, 1.807) is 0 Å². The van der Waals surface area contributed by atoms with Crippen molar-refractivity contribution in [1.82, 2.24) is 4.90 Å². The van der Waals surface area contributed by atoms with E-state index in [1.165, 1.54) is 11.9 Å². The lowest BCUT2D eigenvalue weighted by Gasteiger charge is -2.58. The van der Waals surface area contributed by atoms with Crippen LogP contribution in [0.15, 0.2) is 24.3 Å². The van der Waals surface area contributed by atoms with Gasteiger partial charge in [-0.05, 0) is 68.4 Å². The van der Waals surface area contributed by atoms with Gasteiger partial charge in [0.1, 0.15) is 0 Å². The van der Waals surface area contributed by atoms with E-state index < -0.39 is 16.9 Å². The summed E-state index contributed by atoms with van der Waals surface area (Å²) in [5.41, 5.74) is 0.355. The number of para-hydroxylation sites is 1. The summed E-state index contributed by atoms with van der Waals surface area (Å²) in [5.74, 6) is -0.357. The van der Waals surface area contributed by atoms with Crippen molar-refractivity contribution in [3.8, 4) is 0 Å². The van der Waals surface area contributed by atoms with Gasteiger partial charge in [-0.3, -0.25) is 14.4 Å². The van der Waals surface area contributed by atoms with Gasteiger partial charge in [0, 0.05) is 12.7 Å². The van der Waals surface area contributed by atoms with Gasteiger partial charge >= 0.3 is 5.97 Å². The molecule has 0 radical (unpaired) electrons. The van der Waals surface area contributed by atoms with Crippen molar-refractivity contribution in [3.05, 3.63) is 29.8 Å². The van der Waals surface area contributed by atoms with E-state index in [0.717, 1.165) is 49.8 Å². The van der Waals surface area contributed by atoms with Crippen LogP contribution in [0.4, 0.5) is 5.69 Å². The number of aryl methyl sites for hydroxylation is 1. The van der Waals surface area contributed by atoms with Crippen molar-refractivity contribution in [2.45, 2.75) is 57.5 Å². The van der Waals surface area contributed by atoms with Crippen LogP contribution < -0.4 is 5.32 Å². The number of esters is 1. The van der Waals surface area contributed by atoms with Gasteiger partial charge < -0.3 is 20.1 Å². The Kier molecular flexibility index (Phi) is 5.81. The van der Waals surface area contributed by atoms with Gasteiger partial charge in [-0.15, -0.1) is 0 Å². The number of nitrogens with zero attached hydrogens (tertiary/aromatic N) is 1. The number of nitrogens with one attached hydrogen (secondary N) is 1. The SMILES string of the molecule is CCc1ccccc1NC(=O)CN(C)C(=O)COC(=O)C12C[C@@H]3C[C@@H](CC(O)(C3)C1)C2. The van der Waals surface area contributed by atoms with E-state index in [0.29, 0.717) is 18.3 Å². The quantitative estimate of drug-likeness (QED) is 0.651. The average molecular weight is 429 g/mol. The number of carbonyl (C=O) groups excluding carboxylic acids is 3. The molecule has 4 aliphatic carbocycles. The fourth-order valence-electron chi connectivity index (χ4n) is 6.29. The van der Waals surface area contributed by atoms with Crippen LogP contribution in [-0.4, -0.2) is 53.6 Å². The second-order valence-corrected chi connectivity index (χ2v) is 9.85. The largest absolute Gasteiger partial charge is 0.455 e. The third-order valence-corrected chi connectivity index (χ3v) is 7.27. The molecule has 1 aromatic carbocycles. The molecule has 0 saturated heterocycles. The van der Waals surface area contributed by atoms with Gasteiger partial charge in [-0.1, -0.05) is 25.1 Å². The number of anilines is 1. The summed E-state index contributed by atoms with van der Waals surface area (Å²) < 4.78 is 5.42. The molecule has 0 spiro atoms. The molecule has 4 bridgehead atoms. The summed E-state index contributed by atoms with van der Waals surface area (Å²) in [4.78, 5) is 39.0. The van der Waals surface area contributed by atoms with Crippen molar-refractivity contribution < 1.29 is 24.2 Å². The van der Waals surface area contributed by atoms with Gasteiger partial charge in [-0.25, -0.2) is 0 Å². The van der Waals surface area contributed by atoms with Crippen molar-refractivity contribution in [2.75, 3.05) is 25.5 Å². The van der Waals surface area contributed by atoms with Gasteiger partial charge in [0.05, 0.1) is 17.6 Å². The summed E-state index contributed by atoms with van der Waals surface area (Å²) in [6.45, 7) is 1.50. The van der Waals surface area contributed by atoms with Crippen LogP contribution in [0.5, 0.6) is 0 Å². The number of hydrogen-bond acceptors (Lipinski definition) is 5. The molecule has 7 heteroatoms. The molecule has 5 rings (SSSR count). The maximum Gasteiger partial charge on any atom is 0.312 e. The molecule has 4 atom stereocenters.